The van der Waals surface area contributed by atoms with Crippen LogP contribution in [0.3, 0.4) is 0 Å². The molecule has 0 aliphatic carbocycles. The minimum absolute atomic E-state index is 0. The Hall–Kier alpha value is 0.0700. The van der Waals surface area contributed by atoms with Crippen molar-refractivity contribution in [3.63, 3.8) is 0 Å². The van der Waals surface area contributed by atoms with E-state index < -0.39 is 0 Å². The van der Waals surface area contributed by atoms with Crippen molar-refractivity contribution in [2.45, 2.75) is 37.5 Å². The number of nitrogens with zero attached hydrogens (tertiary/aromatic N) is 1. The van der Waals surface area contributed by atoms with Gasteiger partial charge in [0.1, 0.15) is 0 Å². The van der Waals surface area contributed by atoms with E-state index in [1.807, 2.05) is 11.8 Å². The topological polar surface area (TPSA) is 32.3 Å². The van der Waals surface area contributed by atoms with Gasteiger partial charge in [0, 0.05) is 24.1 Å². The average molecular weight is 265 g/mol. The van der Waals surface area contributed by atoms with Crippen molar-refractivity contribution in [2.75, 3.05) is 25.4 Å². The highest BCUT2D eigenvalue weighted by molar-refractivity contribution is 8.00. The number of nitrogens with one attached hydrogen (secondary N) is 1. The zero-order valence-electron chi connectivity index (χ0n) is 9.78. The first kappa shape index (κ1) is 14.1. The van der Waals surface area contributed by atoms with Crippen molar-refractivity contribution in [3.05, 3.63) is 0 Å². The third-order valence-electron chi connectivity index (χ3n) is 3.26. The van der Waals surface area contributed by atoms with Crippen LogP contribution in [0, 0.1) is 0 Å². The lowest BCUT2D eigenvalue weighted by molar-refractivity contribution is -0.133. The van der Waals surface area contributed by atoms with Gasteiger partial charge in [0.15, 0.2) is 0 Å². The van der Waals surface area contributed by atoms with Crippen molar-refractivity contribution in [1.82, 2.24) is 10.2 Å². The molecule has 2 saturated heterocycles. The molecule has 0 aromatic heterocycles. The minimum atomic E-state index is 0. The van der Waals surface area contributed by atoms with Crippen molar-refractivity contribution >= 4 is 30.1 Å². The van der Waals surface area contributed by atoms with E-state index >= 15 is 0 Å². The molecule has 1 N–H and O–H groups in total. The molecule has 94 valence electrons. The van der Waals surface area contributed by atoms with Crippen LogP contribution in [0.4, 0.5) is 0 Å². The Kier molecular flexibility index (Phi) is 5.94. The molecule has 0 bridgehead atoms. The van der Waals surface area contributed by atoms with E-state index in [0.29, 0.717) is 11.2 Å². The third kappa shape index (κ3) is 3.28. The summed E-state index contributed by atoms with van der Waals surface area (Å²) >= 11 is 2.01. The summed E-state index contributed by atoms with van der Waals surface area (Å²) in [5.74, 6) is 1.45. The predicted octanol–water partition coefficient (Wildman–Crippen LogP) is 1.51. The molecule has 2 rings (SSSR count). The number of hydrogen-bond acceptors (Lipinski definition) is 3. The van der Waals surface area contributed by atoms with Crippen molar-refractivity contribution in [1.29, 1.82) is 0 Å². The summed E-state index contributed by atoms with van der Waals surface area (Å²) in [6.07, 6.45) is 3.35. The average Bonchev–Trinajstić information content (AvgIpc) is 2.81. The van der Waals surface area contributed by atoms with Crippen LogP contribution in [0.2, 0.25) is 0 Å². The van der Waals surface area contributed by atoms with Crippen molar-refractivity contribution in [2.24, 2.45) is 0 Å². The van der Waals surface area contributed by atoms with Gasteiger partial charge in [0.05, 0.1) is 6.04 Å². The number of hydrogen-bond donors (Lipinski definition) is 1. The fraction of sp³-hybridized carbons (Fsp3) is 0.909. The van der Waals surface area contributed by atoms with Gasteiger partial charge in [0.2, 0.25) is 5.91 Å². The van der Waals surface area contributed by atoms with E-state index in [1.165, 1.54) is 6.42 Å². The van der Waals surface area contributed by atoms with Gasteiger partial charge in [-0.2, -0.15) is 11.8 Å². The first-order valence-corrected chi connectivity index (χ1v) is 7.00. The molecule has 2 aliphatic heterocycles. The monoisotopic (exact) mass is 264 g/mol. The first-order valence-electron chi connectivity index (χ1n) is 5.95. The van der Waals surface area contributed by atoms with E-state index in [1.54, 1.807) is 0 Å². The Balaban J connectivity index is 0.00000128. The van der Waals surface area contributed by atoms with Gasteiger partial charge in [-0.1, -0.05) is 6.92 Å². The zero-order valence-corrected chi connectivity index (χ0v) is 11.4. The van der Waals surface area contributed by atoms with Crippen LogP contribution in [-0.2, 0) is 4.79 Å². The van der Waals surface area contributed by atoms with Crippen LogP contribution >= 0.6 is 24.2 Å². The second-order valence-electron chi connectivity index (χ2n) is 4.33. The number of rotatable bonds is 2. The van der Waals surface area contributed by atoms with E-state index in [-0.39, 0.29) is 18.4 Å². The number of thioether (sulfide) groups is 1. The summed E-state index contributed by atoms with van der Waals surface area (Å²) in [4.78, 5) is 14.2. The Bertz CT molecular complexity index is 234. The molecule has 2 aliphatic rings. The maximum atomic E-state index is 12.1. The molecule has 16 heavy (non-hydrogen) atoms. The fourth-order valence-electron chi connectivity index (χ4n) is 2.28. The molecular weight excluding hydrogens is 244 g/mol. The maximum Gasteiger partial charge on any atom is 0.239 e. The molecule has 0 aromatic carbocycles. The second-order valence-corrected chi connectivity index (χ2v) is 5.74. The highest BCUT2D eigenvalue weighted by Crippen LogP contribution is 2.22. The van der Waals surface area contributed by atoms with Crippen molar-refractivity contribution in [3.8, 4) is 0 Å². The Labute approximate surface area is 108 Å². The van der Waals surface area contributed by atoms with Crippen molar-refractivity contribution < 1.29 is 4.79 Å². The first-order chi connectivity index (χ1) is 7.31. The summed E-state index contributed by atoms with van der Waals surface area (Å²) in [7, 11) is 0. The fourth-order valence-corrected chi connectivity index (χ4v) is 3.46. The molecule has 1 amide bonds. The van der Waals surface area contributed by atoms with Gasteiger partial charge in [-0.25, -0.2) is 0 Å². The van der Waals surface area contributed by atoms with Crippen LogP contribution in [0.1, 0.15) is 26.2 Å². The molecule has 5 heteroatoms. The van der Waals surface area contributed by atoms with E-state index in [2.05, 4.69) is 17.1 Å². The van der Waals surface area contributed by atoms with Crippen LogP contribution in [0.25, 0.3) is 0 Å². The van der Waals surface area contributed by atoms with E-state index in [4.69, 9.17) is 0 Å². The highest BCUT2D eigenvalue weighted by Gasteiger charge is 2.29. The SMILES string of the molecule is CCC1CN(C(=O)[C@@H]2CCCN2)CCS1.Cl. The van der Waals surface area contributed by atoms with Crippen LogP contribution in [0.15, 0.2) is 0 Å². The summed E-state index contributed by atoms with van der Waals surface area (Å²) in [5.41, 5.74) is 0. The Morgan fingerprint density at radius 1 is 1.56 bits per heavy atom. The Morgan fingerprint density at radius 3 is 3.00 bits per heavy atom. The van der Waals surface area contributed by atoms with Gasteiger partial charge in [0.25, 0.3) is 0 Å². The van der Waals surface area contributed by atoms with Gasteiger partial charge >= 0.3 is 0 Å². The minimum Gasteiger partial charge on any atom is -0.339 e. The molecule has 2 atom stereocenters. The maximum absolute atomic E-state index is 12.1. The van der Waals surface area contributed by atoms with Crippen LogP contribution in [-0.4, -0.2) is 47.5 Å². The lowest BCUT2D eigenvalue weighted by atomic mass is 10.2. The summed E-state index contributed by atoms with van der Waals surface area (Å²) < 4.78 is 0. The van der Waals surface area contributed by atoms with Gasteiger partial charge in [-0.3, -0.25) is 4.79 Å². The zero-order chi connectivity index (χ0) is 10.7. The van der Waals surface area contributed by atoms with Gasteiger partial charge in [-0.05, 0) is 25.8 Å². The predicted molar refractivity (Wildman–Crippen MR) is 71.4 cm³/mol. The summed E-state index contributed by atoms with van der Waals surface area (Å²) in [6.45, 7) is 5.12. The van der Waals surface area contributed by atoms with Crippen LogP contribution in [0.5, 0.6) is 0 Å². The molecular formula is C11H21ClN2OS. The summed E-state index contributed by atoms with van der Waals surface area (Å²) in [5, 5.41) is 3.95. The number of carbonyl (C=O) groups is 1. The number of amides is 1. The van der Waals surface area contributed by atoms with E-state index in [9.17, 15) is 4.79 Å². The number of carbonyl (C=O) groups excluding carboxylic acids is 1. The molecule has 3 nitrogen and oxygen atoms in total. The van der Waals surface area contributed by atoms with Gasteiger partial charge < -0.3 is 10.2 Å². The van der Waals surface area contributed by atoms with Crippen LogP contribution < -0.4 is 5.32 Å². The second kappa shape index (κ2) is 6.72. The Morgan fingerprint density at radius 2 is 2.38 bits per heavy atom. The molecule has 2 heterocycles. The standard InChI is InChI=1S/C11H20N2OS.ClH/c1-2-9-8-13(6-7-15-9)11(14)10-4-3-5-12-10;/h9-10,12H,2-8H2,1H3;1H/t9?,10-;/m0./s1. The largest absolute Gasteiger partial charge is 0.339 e. The molecule has 1 unspecified atom stereocenters. The quantitative estimate of drug-likeness (QED) is 0.821. The lowest BCUT2D eigenvalue weighted by Gasteiger charge is -2.33. The smallest absolute Gasteiger partial charge is 0.239 e. The number of halogens is 1. The van der Waals surface area contributed by atoms with E-state index in [0.717, 1.165) is 38.2 Å². The molecule has 0 aromatic rings. The third-order valence-corrected chi connectivity index (χ3v) is 4.64. The highest BCUT2D eigenvalue weighted by atomic mass is 35.5. The molecule has 0 spiro atoms. The molecule has 0 saturated carbocycles. The van der Waals surface area contributed by atoms with Gasteiger partial charge in [-0.15, -0.1) is 12.4 Å². The molecule has 0 radical (unpaired) electrons. The molecule has 2 fully saturated rings. The normalized spacial score (nSPS) is 29.9. The lowest BCUT2D eigenvalue weighted by Crippen LogP contribution is -2.48. The summed E-state index contributed by atoms with van der Waals surface area (Å²) in [6, 6.07) is 0.116.